The summed E-state index contributed by atoms with van der Waals surface area (Å²) >= 11 is 1.50. The molecule has 0 radical (unpaired) electrons. The lowest BCUT2D eigenvalue weighted by atomic mass is 9.99. The molecule has 0 unspecified atom stereocenters. The molecular weight excluding hydrogens is 362 g/mol. The molecule has 0 spiro atoms. The second-order valence-electron chi connectivity index (χ2n) is 5.66. The van der Waals surface area contributed by atoms with Crippen LogP contribution >= 0.6 is 11.8 Å². The highest BCUT2D eigenvalue weighted by Gasteiger charge is 2.14. The van der Waals surface area contributed by atoms with Gasteiger partial charge in [-0.3, -0.25) is 10.1 Å². The van der Waals surface area contributed by atoms with Crippen LogP contribution < -0.4 is 0 Å². The third kappa shape index (κ3) is 3.63. The Labute approximate surface area is 159 Å². The van der Waals surface area contributed by atoms with E-state index >= 15 is 0 Å². The fraction of sp³-hybridized carbons (Fsp3) is 0.0500. The first kappa shape index (κ1) is 17.1. The van der Waals surface area contributed by atoms with Crippen LogP contribution in [0.5, 0.6) is 0 Å². The molecule has 27 heavy (non-hydrogen) atoms. The van der Waals surface area contributed by atoms with Crippen molar-refractivity contribution in [1.82, 2.24) is 15.2 Å². The van der Waals surface area contributed by atoms with Gasteiger partial charge in [-0.1, -0.05) is 23.9 Å². The van der Waals surface area contributed by atoms with Crippen LogP contribution in [0, 0.1) is 0 Å². The zero-order valence-corrected chi connectivity index (χ0v) is 15.2. The number of carbonyl (C=O) groups excluding carboxylic acids is 1. The molecule has 0 saturated carbocycles. The third-order valence-electron chi connectivity index (χ3n) is 3.95. The van der Waals surface area contributed by atoms with Crippen LogP contribution in [-0.4, -0.2) is 28.3 Å². The quantitative estimate of drug-likeness (QED) is 0.509. The van der Waals surface area contributed by atoms with Crippen molar-refractivity contribution < 1.29 is 13.9 Å². The number of rotatable bonds is 5. The molecule has 134 valence electrons. The number of hydrogen-bond donors (Lipinski definition) is 1. The molecule has 0 fully saturated rings. The van der Waals surface area contributed by atoms with E-state index in [-0.39, 0.29) is 5.76 Å². The SMILES string of the molecule is COC(=O)c1cc(Sc2ccc(-c3cccnc3)c(-c3ccn[nH]3)c2)co1. The Morgan fingerprint density at radius 1 is 1.11 bits per heavy atom. The normalized spacial score (nSPS) is 10.7. The summed E-state index contributed by atoms with van der Waals surface area (Å²) in [5.74, 6) is -0.312. The minimum Gasteiger partial charge on any atom is -0.463 e. The third-order valence-corrected chi connectivity index (χ3v) is 4.89. The van der Waals surface area contributed by atoms with Gasteiger partial charge in [0.15, 0.2) is 0 Å². The lowest BCUT2D eigenvalue weighted by molar-refractivity contribution is 0.0565. The van der Waals surface area contributed by atoms with Crippen molar-refractivity contribution in [2.45, 2.75) is 9.79 Å². The van der Waals surface area contributed by atoms with Crippen LogP contribution in [0.25, 0.3) is 22.4 Å². The number of furan rings is 1. The number of ether oxygens (including phenoxy) is 1. The van der Waals surface area contributed by atoms with Crippen molar-refractivity contribution >= 4 is 17.7 Å². The van der Waals surface area contributed by atoms with Gasteiger partial charge in [-0.2, -0.15) is 5.10 Å². The van der Waals surface area contributed by atoms with Gasteiger partial charge >= 0.3 is 5.97 Å². The van der Waals surface area contributed by atoms with Gasteiger partial charge in [-0.25, -0.2) is 4.79 Å². The van der Waals surface area contributed by atoms with Gasteiger partial charge in [0.2, 0.25) is 5.76 Å². The summed E-state index contributed by atoms with van der Waals surface area (Å²) in [7, 11) is 1.32. The summed E-state index contributed by atoms with van der Waals surface area (Å²) in [6, 6.07) is 13.7. The highest BCUT2D eigenvalue weighted by Crippen LogP contribution is 2.37. The van der Waals surface area contributed by atoms with Gasteiger partial charge in [0, 0.05) is 40.7 Å². The summed E-state index contributed by atoms with van der Waals surface area (Å²) in [6.07, 6.45) is 6.85. The lowest BCUT2D eigenvalue weighted by Gasteiger charge is -2.10. The zero-order valence-electron chi connectivity index (χ0n) is 14.4. The largest absolute Gasteiger partial charge is 0.463 e. The van der Waals surface area contributed by atoms with Gasteiger partial charge in [-0.15, -0.1) is 0 Å². The minimum atomic E-state index is -0.494. The standard InChI is InChI=1S/C20H15N3O3S/c1-25-20(24)19-10-15(12-26-19)27-14-4-5-16(13-3-2-7-21-11-13)17(9-14)18-6-8-22-23-18/h2-12H,1H3,(H,22,23). The molecule has 3 aromatic heterocycles. The van der Waals surface area contributed by atoms with E-state index < -0.39 is 5.97 Å². The molecule has 6 nitrogen and oxygen atoms in total. The first-order valence-electron chi connectivity index (χ1n) is 8.13. The summed E-state index contributed by atoms with van der Waals surface area (Å²) in [6.45, 7) is 0. The van der Waals surface area contributed by atoms with Crippen molar-refractivity contribution in [3.63, 3.8) is 0 Å². The number of H-pyrrole nitrogens is 1. The summed E-state index contributed by atoms with van der Waals surface area (Å²) in [5.41, 5.74) is 4.01. The van der Waals surface area contributed by atoms with Crippen LogP contribution in [0.1, 0.15) is 10.6 Å². The maximum absolute atomic E-state index is 11.5. The molecule has 0 bridgehead atoms. The van der Waals surface area contributed by atoms with E-state index in [0.717, 1.165) is 32.2 Å². The van der Waals surface area contributed by atoms with Crippen LogP contribution in [0.2, 0.25) is 0 Å². The second-order valence-corrected chi connectivity index (χ2v) is 6.81. The monoisotopic (exact) mass is 377 g/mol. The maximum Gasteiger partial charge on any atom is 0.373 e. The first-order valence-corrected chi connectivity index (χ1v) is 8.95. The average Bonchev–Trinajstić information content (AvgIpc) is 3.40. The number of hydrogen-bond acceptors (Lipinski definition) is 6. The van der Waals surface area contributed by atoms with E-state index in [1.807, 2.05) is 30.5 Å². The van der Waals surface area contributed by atoms with Crippen LogP contribution in [0.4, 0.5) is 0 Å². The van der Waals surface area contributed by atoms with Crippen molar-refractivity contribution in [1.29, 1.82) is 0 Å². The van der Waals surface area contributed by atoms with E-state index in [0.29, 0.717) is 0 Å². The van der Waals surface area contributed by atoms with Crippen molar-refractivity contribution in [3.8, 4) is 22.4 Å². The predicted octanol–water partition coefficient (Wildman–Crippen LogP) is 4.67. The molecule has 4 rings (SSSR count). The zero-order chi connectivity index (χ0) is 18.6. The van der Waals surface area contributed by atoms with Crippen LogP contribution in [0.3, 0.4) is 0 Å². The molecule has 1 aromatic carbocycles. The Morgan fingerprint density at radius 2 is 2.04 bits per heavy atom. The number of methoxy groups -OCH3 is 1. The fourth-order valence-corrected chi connectivity index (χ4v) is 3.55. The van der Waals surface area contributed by atoms with E-state index in [1.165, 1.54) is 18.9 Å². The number of esters is 1. The van der Waals surface area contributed by atoms with E-state index in [1.54, 1.807) is 24.7 Å². The maximum atomic E-state index is 11.5. The fourth-order valence-electron chi connectivity index (χ4n) is 2.71. The number of aromatic amines is 1. The summed E-state index contributed by atoms with van der Waals surface area (Å²) in [4.78, 5) is 17.6. The summed E-state index contributed by atoms with van der Waals surface area (Å²) in [5, 5.41) is 7.09. The minimum absolute atomic E-state index is 0.181. The van der Waals surface area contributed by atoms with Crippen molar-refractivity contribution in [3.05, 3.63) is 73.1 Å². The van der Waals surface area contributed by atoms with Gasteiger partial charge < -0.3 is 9.15 Å². The highest BCUT2D eigenvalue weighted by molar-refractivity contribution is 7.99. The number of nitrogens with zero attached hydrogens (tertiary/aromatic N) is 2. The van der Waals surface area contributed by atoms with Gasteiger partial charge in [0.1, 0.15) is 6.26 Å². The number of benzene rings is 1. The molecule has 0 aliphatic rings. The molecule has 7 heteroatoms. The molecule has 0 saturated heterocycles. The Morgan fingerprint density at radius 3 is 2.78 bits per heavy atom. The highest BCUT2D eigenvalue weighted by atomic mass is 32.2. The van der Waals surface area contributed by atoms with E-state index in [9.17, 15) is 4.79 Å². The second kappa shape index (κ2) is 7.51. The smallest absolute Gasteiger partial charge is 0.373 e. The summed E-state index contributed by atoms with van der Waals surface area (Å²) < 4.78 is 9.94. The molecule has 3 heterocycles. The molecule has 0 aliphatic carbocycles. The Hall–Kier alpha value is -3.32. The number of pyridine rings is 1. The lowest BCUT2D eigenvalue weighted by Crippen LogP contribution is -1.97. The molecule has 4 aromatic rings. The Kier molecular flexibility index (Phi) is 4.76. The topological polar surface area (TPSA) is 81.0 Å². The van der Waals surface area contributed by atoms with Crippen LogP contribution in [-0.2, 0) is 4.74 Å². The van der Waals surface area contributed by atoms with Crippen molar-refractivity contribution in [2.75, 3.05) is 7.11 Å². The molecule has 0 aliphatic heterocycles. The average molecular weight is 377 g/mol. The number of nitrogens with one attached hydrogen (secondary N) is 1. The van der Waals surface area contributed by atoms with Gasteiger partial charge in [-0.05, 0) is 29.8 Å². The Balaban J connectivity index is 1.70. The predicted molar refractivity (Wildman–Crippen MR) is 101 cm³/mol. The van der Waals surface area contributed by atoms with Crippen LogP contribution in [0.15, 0.2) is 81.5 Å². The van der Waals surface area contributed by atoms with Crippen molar-refractivity contribution in [2.24, 2.45) is 0 Å². The van der Waals surface area contributed by atoms with E-state index in [4.69, 9.17) is 4.42 Å². The number of carbonyl (C=O) groups is 1. The Bertz CT molecular complexity index is 1060. The molecule has 0 atom stereocenters. The molecule has 1 N–H and O–H groups in total. The molecule has 0 amide bonds. The molecular formula is C20H15N3O3S. The van der Waals surface area contributed by atoms with E-state index in [2.05, 4.69) is 32.1 Å². The van der Waals surface area contributed by atoms with Gasteiger partial charge in [0.25, 0.3) is 0 Å². The number of aromatic nitrogens is 3. The first-order chi connectivity index (χ1) is 13.2. The van der Waals surface area contributed by atoms with Gasteiger partial charge in [0.05, 0.1) is 17.7 Å².